The van der Waals surface area contributed by atoms with E-state index >= 15 is 0 Å². The summed E-state index contributed by atoms with van der Waals surface area (Å²) in [5.41, 5.74) is -1.05. The Bertz CT molecular complexity index is 617. The van der Waals surface area contributed by atoms with Gasteiger partial charge >= 0.3 is 5.69 Å². The first kappa shape index (κ1) is 15.5. The number of amides is 1. The van der Waals surface area contributed by atoms with Gasteiger partial charge in [-0.25, -0.2) is 4.79 Å². The van der Waals surface area contributed by atoms with E-state index in [0.29, 0.717) is 17.8 Å². The van der Waals surface area contributed by atoms with Crippen molar-refractivity contribution in [2.45, 2.75) is 40.0 Å². The van der Waals surface area contributed by atoms with E-state index < -0.39 is 11.2 Å². The lowest BCUT2D eigenvalue weighted by Gasteiger charge is -2.36. The molecule has 0 aliphatic heterocycles. The van der Waals surface area contributed by atoms with Crippen LogP contribution in [0.1, 0.15) is 40.0 Å². The number of carbonyl (C=O) groups excluding carboxylic acids is 1. The predicted molar refractivity (Wildman–Crippen MR) is 81.1 cm³/mol. The Labute approximate surface area is 123 Å². The molecule has 6 nitrogen and oxygen atoms in total. The van der Waals surface area contributed by atoms with Gasteiger partial charge in [0, 0.05) is 12.1 Å². The molecule has 116 valence electrons. The second-order valence-electron chi connectivity index (χ2n) is 6.41. The lowest BCUT2D eigenvalue weighted by Crippen LogP contribution is -2.38. The molecule has 6 heteroatoms. The maximum atomic E-state index is 12.5. The van der Waals surface area contributed by atoms with Crippen LogP contribution in [-0.4, -0.2) is 15.9 Å². The molecule has 1 amide bonds. The summed E-state index contributed by atoms with van der Waals surface area (Å²) in [6, 6.07) is 0. The number of hydrogen-bond donors (Lipinski definition) is 3. The van der Waals surface area contributed by atoms with Crippen molar-refractivity contribution in [3.63, 3.8) is 0 Å². The van der Waals surface area contributed by atoms with Gasteiger partial charge in [-0.2, -0.15) is 0 Å². The van der Waals surface area contributed by atoms with Gasteiger partial charge < -0.3 is 10.3 Å². The van der Waals surface area contributed by atoms with Gasteiger partial charge in [0.05, 0.1) is 0 Å². The number of hydrogen-bond acceptors (Lipinski definition) is 3. The summed E-state index contributed by atoms with van der Waals surface area (Å²) >= 11 is 0. The predicted octanol–water partition coefficient (Wildman–Crippen LogP) is 1.71. The van der Waals surface area contributed by atoms with Gasteiger partial charge in [-0.05, 0) is 30.6 Å². The Kier molecular flexibility index (Phi) is 4.65. The van der Waals surface area contributed by atoms with Crippen molar-refractivity contribution in [1.29, 1.82) is 0 Å². The molecule has 1 heterocycles. The van der Waals surface area contributed by atoms with Gasteiger partial charge in [-0.15, -0.1) is 0 Å². The average molecular weight is 293 g/mol. The minimum absolute atomic E-state index is 0.0833. The Hall–Kier alpha value is -1.85. The minimum atomic E-state index is -0.579. The van der Waals surface area contributed by atoms with Gasteiger partial charge in [0.25, 0.3) is 5.56 Å². The van der Waals surface area contributed by atoms with E-state index in [1.807, 2.05) is 0 Å². The summed E-state index contributed by atoms with van der Waals surface area (Å²) in [5.74, 6) is 1.08. The van der Waals surface area contributed by atoms with Crippen LogP contribution < -0.4 is 16.6 Å². The fourth-order valence-corrected chi connectivity index (χ4v) is 3.23. The number of aromatic amines is 2. The molecular formula is C15H23N3O3. The zero-order valence-corrected chi connectivity index (χ0v) is 12.7. The monoisotopic (exact) mass is 293 g/mol. The molecule has 1 aromatic rings. The van der Waals surface area contributed by atoms with E-state index in [1.165, 1.54) is 6.20 Å². The first-order valence-corrected chi connectivity index (χ1v) is 7.51. The third-order valence-electron chi connectivity index (χ3n) is 4.44. The third-order valence-corrected chi connectivity index (χ3v) is 4.44. The summed E-state index contributed by atoms with van der Waals surface area (Å²) in [5, 5.41) is 2.66. The zero-order valence-electron chi connectivity index (χ0n) is 12.7. The molecule has 0 bridgehead atoms. The van der Waals surface area contributed by atoms with Crippen LogP contribution in [-0.2, 0) is 4.79 Å². The zero-order chi connectivity index (χ0) is 15.6. The van der Waals surface area contributed by atoms with Crippen LogP contribution in [0.15, 0.2) is 15.8 Å². The Morgan fingerprint density at radius 2 is 2.05 bits per heavy atom. The van der Waals surface area contributed by atoms with Crippen molar-refractivity contribution >= 4 is 11.6 Å². The molecular weight excluding hydrogens is 270 g/mol. The summed E-state index contributed by atoms with van der Waals surface area (Å²) < 4.78 is 0. The van der Waals surface area contributed by atoms with Crippen LogP contribution in [0.5, 0.6) is 0 Å². The van der Waals surface area contributed by atoms with E-state index in [9.17, 15) is 14.4 Å². The highest BCUT2D eigenvalue weighted by atomic mass is 16.2. The van der Waals surface area contributed by atoms with Crippen LogP contribution in [0.4, 0.5) is 5.69 Å². The lowest BCUT2D eigenvalue weighted by molar-refractivity contribution is -0.124. The van der Waals surface area contributed by atoms with E-state index in [2.05, 4.69) is 36.1 Å². The van der Waals surface area contributed by atoms with Crippen molar-refractivity contribution in [2.24, 2.45) is 23.7 Å². The molecule has 1 aliphatic rings. The number of carbonyl (C=O) groups is 1. The average Bonchev–Trinajstić information content (AvgIpc) is 2.41. The lowest BCUT2D eigenvalue weighted by atomic mass is 9.70. The summed E-state index contributed by atoms with van der Waals surface area (Å²) in [6.45, 7) is 6.42. The summed E-state index contributed by atoms with van der Waals surface area (Å²) in [6.07, 6.45) is 4.27. The van der Waals surface area contributed by atoms with Crippen LogP contribution >= 0.6 is 0 Å². The number of rotatable bonds is 3. The molecule has 1 saturated carbocycles. The highest BCUT2D eigenvalue weighted by Crippen LogP contribution is 2.38. The Morgan fingerprint density at radius 3 is 2.67 bits per heavy atom. The minimum Gasteiger partial charge on any atom is -0.320 e. The first-order chi connectivity index (χ1) is 9.88. The maximum absolute atomic E-state index is 12.5. The molecule has 2 rings (SSSR count). The van der Waals surface area contributed by atoms with E-state index in [0.717, 1.165) is 19.3 Å². The largest absolute Gasteiger partial charge is 0.325 e. The summed E-state index contributed by atoms with van der Waals surface area (Å²) in [4.78, 5) is 39.6. The number of anilines is 1. The SMILES string of the molecule is CC1CCC(C(C)C)C(C(=O)Nc2c[nH]c(=O)[nH]c2=O)C1. The topological polar surface area (TPSA) is 94.8 Å². The van der Waals surface area contributed by atoms with E-state index in [1.54, 1.807) is 0 Å². The molecule has 0 radical (unpaired) electrons. The molecule has 1 aliphatic carbocycles. The highest BCUT2D eigenvalue weighted by Gasteiger charge is 2.35. The Balaban J connectivity index is 2.17. The molecule has 3 unspecified atom stereocenters. The molecule has 3 atom stereocenters. The number of H-pyrrole nitrogens is 2. The van der Waals surface area contributed by atoms with Crippen molar-refractivity contribution in [3.8, 4) is 0 Å². The second-order valence-corrected chi connectivity index (χ2v) is 6.41. The number of aromatic nitrogens is 2. The quantitative estimate of drug-likeness (QED) is 0.791. The van der Waals surface area contributed by atoms with Crippen molar-refractivity contribution in [1.82, 2.24) is 9.97 Å². The fraction of sp³-hybridized carbons (Fsp3) is 0.667. The van der Waals surface area contributed by atoms with Crippen LogP contribution in [0.2, 0.25) is 0 Å². The highest BCUT2D eigenvalue weighted by molar-refractivity contribution is 5.92. The standard InChI is InChI=1S/C15H23N3O3/c1-8(2)10-5-4-9(3)6-11(10)13(19)17-12-7-16-15(21)18-14(12)20/h7-11H,4-6H2,1-3H3,(H,17,19)(H2,16,18,20,21). The van der Waals surface area contributed by atoms with Gasteiger partial charge in [0.2, 0.25) is 5.91 Å². The second kappa shape index (κ2) is 6.28. The molecule has 1 fully saturated rings. The number of nitrogens with one attached hydrogen (secondary N) is 3. The van der Waals surface area contributed by atoms with Crippen LogP contribution in [0.3, 0.4) is 0 Å². The molecule has 0 spiro atoms. The smallest absolute Gasteiger partial charge is 0.320 e. The molecule has 1 aromatic heterocycles. The summed E-state index contributed by atoms with van der Waals surface area (Å²) in [7, 11) is 0. The molecule has 0 saturated heterocycles. The molecule has 3 N–H and O–H groups in total. The van der Waals surface area contributed by atoms with Crippen LogP contribution in [0, 0.1) is 23.7 Å². The van der Waals surface area contributed by atoms with E-state index in [4.69, 9.17) is 0 Å². The third kappa shape index (κ3) is 3.62. The van der Waals surface area contributed by atoms with E-state index in [-0.39, 0.29) is 17.5 Å². The van der Waals surface area contributed by atoms with Gasteiger partial charge in [-0.1, -0.05) is 27.2 Å². The normalized spacial score (nSPS) is 25.8. The fourth-order valence-electron chi connectivity index (χ4n) is 3.23. The molecule has 21 heavy (non-hydrogen) atoms. The Morgan fingerprint density at radius 1 is 1.33 bits per heavy atom. The van der Waals surface area contributed by atoms with Crippen LogP contribution in [0.25, 0.3) is 0 Å². The maximum Gasteiger partial charge on any atom is 0.325 e. The first-order valence-electron chi connectivity index (χ1n) is 7.51. The van der Waals surface area contributed by atoms with Crippen molar-refractivity contribution in [3.05, 3.63) is 27.0 Å². The van der Waals surface area contributed by atoms with Gasteiger partial charge in [-0.3, -0.25) is 14.6 Å². The van der Waals surface area contributed by atoms with Crippen molar-refractivity contribution < 1.29 is 4.79 Å². The van der Waals surface area contributed by atoms with Gasteiger partial charge in [0.1, 0.15) is 5.69 Å². The molecule has 0 aromatic carbocycles. The van der Waals surface area contributed by atoms with Crippen molar-refractivity contribution in [2.75, 3.05) is 5.32 Å². The van der Waals surface area contributed by atoms with Gasteiger partial charge in [0.15, 0.2) is 0 Å².